The molecule has 0 bridgehead atoms. The van der Waals surface area contributed by atoms with E-state index in [0.717, 1.165) is 12.1 Å². The predicted octanol–water partition coefficient (Wildman–Crippen LogP) is 4.73. The van der Waals surface area contributed by atoms with Crippen molar-refractivity contribution in [1.29, 1.82) is 0 Å². The second kappa shape index (κ2) is 4.53. The summed E-state index contributed by atoms with van der Waals surface area (Å²) in [6.45, 7) is 0. The van der Waals surface area contributed by atoms with Gasteiger partial charge in [0.05, 0.1) is 10.6 Å². The number of phenols is 1. The summed E-state index contributed by atoms with van der Waals surface area (Å²) in [5.41, 5.74) is -0.0760. The van der Waals surface area contributed by atoms with Crippen LogP contribution < -0.4 is 0 Å². The molecule has 0 fully saturated rings. The first-order valence-corrected chi connectivity index (χ1v) is 5.42. The molecule has 0 spiro atoms. The Bertz CT molecular complexity index is 579. The molecule has 0 saturated heterocycles. The Labute approximate surface area is 106 Å². The van der Waals surface area contributed by atoms with Gasteiger partial charge in [0.1, 0.15) is 5.75 Å². The second-order valence-corrected chi connectivity index (χ2v) is 4.10. The Morgan fingerprint density at radius 2 is 1.67 bits per heavy atom. The van der Waals surface area contributed by atoms with Crippen LogP contribution in [0.2, 0.25) is 5.02 Å². The zero-order valence-corrected chi connectivity index (χ0v) is 9.76. The van der Waals surface area contributed by atoms with Crippen molar-refractivity contribution in [3.05, 3.63) is 53.1 Å². The lowest BCUT2D eigenvalue weighted by molar-refractivity contribution is -0.137. The zero-order chi connectivity index (χ0) is 13.3. The summed E-state index contributed by atoms with van der Waals surface area (Å²) in [4.78, 5) is 0. The Kier molecular flexibility index (Phi) is 3.22. The predicted molar refractivity (Wildman–Crippen MR) is 63.6 cm³/mol. The molecule has 0 aliphatic rings. The minimum absolute atomic E-state index is 0.0387. The highest BCUT2D eigenvalue weighted by Crippen LogP contribution is 2.37. The van der Waals surface area contributed by atoms with Crippen LogP contribution in [0.5, 0.6) is 5.75 Å². The number of rotatable bonds is 1. The highest BCUT2D eigenvalue weighted by atomic mass is 35.5. The second-order valence-electron chi connectivity index (χ2n) is 3.72. The lowest BCUT2D eigenvalue weighted by Crippen LogP contribution is -2.04. The standard InChI is InChI=1S/C13H8ClF3O/c14-12-10(5-2-6-11(12)18)8-3-1-4-9(7-8)13(15,16)17/h1-7,18H. The maximum absolute atomic E-state index is 12.6. The molecule has 0 unspecified atom stereocenters. The lowest BCUT2D eigenvalue weighted by Gasteiger charge is -2.10. The van der Waals surface area contributed by atoms with E-state index in [0.29, 0.717) is 11.1 Å². The van der Waals surface area contributed by atoms with Crippen LogP contribution in [0.4, 0.5) is 13.2 Å². The van der Waals surface area contributed by atoms with Crippen molar-refractivity contribution >= 4 is 11.6 Å². The first-order valence-electron chi connectivity index (χ1n) is 5.04. The number of alkyl halides is 3. The molecule has 2 rings (SSSR count). The van der Waals surface area contributed by atoms with Crippen molar-refractivity contribution in [3.63, 3.8) is 0 Å². The average Bonchev–Trinajstić information content (AvgIpc) is 2.32. The topological polar surface area (TPSA) is 20.2 Å². The van der Waals surface area contributed by atoms with Crippen molar-refractivity contribution < 1.29 is 18.3 Å². The van der Waals surface area contributed by atoms with Gasteiger partial charge in [-0.1, -0.05) is 35.9 Å². The normalized spacial score (nSPS) is 11.6. The van der Waals surface area contributed by atoms with E-state index in [4.69, 9.17) is 11.6 Å². The van der Waals surface area contributed by atoms with Crippen LogP contribution >= 0.6 is 11.6 Å². The fourth-order valence-corrected chi connectivity index (χ4v) is 1.84. The average molecular weight is 273 g/mol. The van der Waals surface area contributed by atoms with E-state index >= 15 is 0 Å². The highest BCUT2D eigenvalue weighted by Gasteiger charge is 2.30. The Morgan fingerprint density at radius 3 is 2.33 bits per heavy atom. The molecule has 0 heterocycles. The van der Waals surface area contributed by atoms with Crippen LogP contribution in [-0.4, -0.2) is 5.11 Å². The van der Waals surface area contributed by atoms with E-state index in [2.05, 4.69) is 0 Å². The molecule has 94 valence electrons. The number of hydrogen-bond donors (Lipinski definition) is 1. The fourth-order valence-electron chi connectivity index (χ4n) is 1.61. The van der Waals surface area contributed by atoms with Crippen molar-refractivity contribution in [1.82, 2.24) is 0 Å². The van der Waals surface area contributed by atoms with Gasteiger partial charge in [0.25, 0.3) is 0 Å². The van der Waals surface area contributed by atoms with E-state index in [1.165, 1.54) is 24.3 Å². The van der Waals surface area contributed by atoms with Crippen molar-refractivity contribution in [3.8, 4) is 16.9 Å². The maximum Gasteiger partial charge on any atom is 0.416 e. The number of hydrogen-bond acceptors (Lipinski definition) is 1. The summed E-state index contributed by atoms with van der Waals surface area (Å²) >= 11 is 5.86. The van der Waals surface area contributed by atoms with Crippen LogP contribution in [0.1, 0.15) is 5.56 Å². The van der Waals surface area contributed by atoms with Crippen LogP contribution in [0.3, 0.4) is 0 Å². The molecule has 5 heteroatoms. The van der Waals surface area contributed by atoms with Gasteiger partial charge in [-0.05, 0) is 23.8 Å². The zero-order valence-electron chi connectivity index (χ0n) is 9.00. The third kappa shape index (κ3) is 2.43. The highest BCUT2D eigenvalue weighted by molar-refractivity contribution is 6.34. The van der Waals surface area contributed by atoms with Crippen molar-refractivity contribution in [2.24, 2.45) is 0 Å². The molecule has 1 nitrogen and oxygen atoms in total. The van der Waals surface area contributed by atoms with Crippen LogP contribution in [0, 0.1) is 0 Å². The molecule has 0 amide bonds. The van der Waals surface area contributed by atoms with E-state index in [1.54, 1.807) is 6.07 Å². The van der Waals surface area contributed by atoms with E-state index in [9.17, 15) is 18.3 Å². The summed E-state index contributed by atoms with van der Waals surface area (Å²) in [7, 11) is 0. The largest absolute Gasteiger partial charge is 0.506 e. The number of aromatic hydroxyl groups is 1. The number of halogens is 4. The van der Waals surface area contributed by atoms with Gasteiger partial charge in [0, 0.05) is 5.56 Å². The first-order chi connectivity index (χ1) is 8.39. The van der Waals surface area contributed by atoms with Gasteiger partial charge in [-0.25, -0.2) is 0 Å². The molecule has 0 aliphatic heterocycles. The first kappa shape index (κ1) is 12.8. The Morgan fingerprint density at radius 1 is 1.00 bits per heavy atom. The summed E-state index contributed by atoms with van der Waals surface area (Å²) < 4.78 is 37.7. The molecular formula is C13H8ClF3O. The molecule has 0 atom stereocenters. The number of benzene rings is 2. The molecule has 2 aromatic rings. The molecule has 0 saturated carbocycles. The lowest BCUT2D eigenvalue weighted by atomic mass is 10.0. The third-order valence-corrected chi connectivity index (χ3v) is 2.88. The number of phenolic OH excluding ortho intramolecular Hbond substituents is 1. The summed E-state index contributed by atoms with van der Waals surface area (Å²) in [5, 5.41) is 9.48. The summed E-state index contributed by atoms with van der Waals surface area (Å²) in [6, 6.07) is 9.25. The van der Waals surface area contributed by atoms with Gasteiger partial charge in [0.15, 0.2) is 0 Å². The van der Waals surface area contributed by atoms with Gasteiger partial charge in [-0.2, -0.15) is 13.2 Å². The van der Waals surface area contributed by atoms with Crippen LogP contribution in [0.15, 0.2) is 42.5 Å². The fraction of sp³-hybridized carbons (Fsp3) is 0.0769. The summed E-state index contributed by atoms with van der Waals surface area (Å²) in [5.74, 6) is -0.161. The third-order valence-electron chi connectivity index (χ3n) is 2.48. The molecule has 18 heavy (non-hydrogen) atoms. The Balaban J connectivity index is 2.55. The smallest absolute Gasteiger partial charge is 0.416 e. The monoisotopic (exact) mass is 272 g/mol. The minimum Gasteiger partial charge on any atom is -0.506 e. The Hall–Kier alpha value is -1.68. The van der Waals surface area contributed by atoms with Gasteiger partial charge in [-0.3, -0.25) is 0 Å². The van der Waals surface area contributed by atoms with Crippen molar-refractivity contribution in [2.45, 2.75) is 6.18 Å². The summed E-state index contributed by atoms with van der Waals surface area (Å²) in [6.07, 6.45) is -4.40. The molecule has 0 aliphatic carbocycles. The molecule has 2 aromatic carbocycles. The van der Waals surface area contributed by atoms with E-state index in [1.807, 2.05) is 0 Å². The van der Waals surface area contributed by atoms with Gasteiger partial charge >= 0.3 is 6.18 Å². The molecular weight excluding hydrogens is 265 g/mol. The van der Waals surface area contributed by atoms with Gasteiger partial charge in [-0.15, -0.1) is 0 Å². The van der Waals surface area contributed by atoms with E-state index < -0.39 is 11.7 Å². The molecule has 0 radical (unpaired) electrons. The molecule has 1 N–H and O–H groups in total. The quantitative estimate of drug-likeness (QED) is 0.795. The SMILES string of the molecule is Oc1cccc(-c2cccc(C(F)(F)F)c2)c1Cl. The van der Waals surface area contributed by atoms with Crippen molar-refractivity contribution in [2.75, 3.05) is 0 Å². The molecule has 0 aromatic heterocycles. The van der Waals surface area contributed by atoms with E-state index in [-0.39, 0.29) is 10.8 Å². The van der Waals surface area contributed by atoms with Gasteiger partial charge < -0.3 is 5.11 Å². The minimum atomic E-state index is -4.40. The van der Waals surface area contributed by atoms with Gasteiger partial charge in [0.2, 0.25) is 0 Å². The van der Waals surface area contributed by atoms with Crippen LogP contribution in [0.25, 0.3) is 11.1 Å². The van der Waals surface area contributed by atoms with Crippen LogP contribution in [-0.2, 0) is 6.18 Å². The maximum atomic E-state index is 12.6.